The summed E-state index contributed by atoms with van der Waals surface area (Å²) in [6, 6.07) is 17.8. The van der Waals surface area contributed by atoms with E-state index in [4.69, 9.17) is 4.74 Å². The minimum Gasteiger partial charge on any atom is -0.378 e. The normalized spacial score (nSPS) is 26.2. The number of nitrogens with one attached hydrogen (secondary N) is 1. The van der Waals surface area contributed by atoms with E-state index in [1.165, 1.54) is 22.3 Å². The average molecular weight is 348 g/mol. The smallest absolute Gasteiger partial charge is 0.317 e. The molecule has 0 saturated carbocycles. The number of urea groups is 1. The highest BCUT2D eigenvalue weighted by atomic mass is 16.5. The van der Waals surface area contributed by atoms with E-state index >= 15 is 0 Å². The number of benzene rings is 2. The van der Waals surface area contributed by atoms with Crippen molar-refractivity contribution in [3.63, 3.8) is 0 Å². The van der Waals surface area contributed by atoms with E-state index in [0.29, 0.717) is 44.1 Å². The van der Waals surface area contributed by atoms with Gasteiger partial charge in [-0.25, -0.2) is 4.79 Å². The fourth-order valence-electron chi connectivity index (χ4n) is 5.06. The van der Waals surface area contributed by atoms with Crippen molar-refractivity contribution in [3.05, 3.63) is 70.8 Å². The Labute approximate surface area is 154 Å². The lowest BCUT2D eigenvalue weighted by Crippen LogP contribution is -2.48. The average Bonchev–Trinajstić information content (AvgIpc) is 2.73. The molecule has 2 aromatic rings. The van der Waals surface area contributed by atoms with Crippen LogP contribution in [0.5, 0.6) is 0 Å². The summed E-state index contributed by atoms with van der Waals surface area (Å²) in [6.45, 7) is 3.40. The van der Waals surface area contributed by atoms with Gasteiger partial charge < -0.3 is 15.0 Å². The molecule has 1 heterocycles. The van der Waals surface area contributed by atoms with Gasteiger partial charge in [0.15, 0.2) is 0 Å². The van der Waals surface area contributed by atoms with Gasteiger partial charge in [-0.1, -0.05) is 48.5 Å². The van der Waals surface area contributed by atoms with Crippen molar-refractivity contribution in [2.45, 2.75) is 18.3 Å². The molecule has 26 heavy (non-hydrogen) atoms. The molecule has 6 rings (SSSR count). The van der Waals surface area contributed by atoms with E-state index in [1.807, 2.05) is 4.90 Å². The molecule has 4 nitrogen and oxygen atoms in total. The van der Waals surface area contributed by atoms with Crippen molar-refractivity contribution < 1.29 is 9.53 Å². The van der Waals surface area contributed by atoms with Gasteiger partial charge in [-0.3, -0.25) is 0 Å². The van der Waals surface area contributed by atoms with Crippen LogP contribution in [0.25, 0.3) is 0 Å². The second-order valence-electron chi connectivity index (χ2n) is 7.57. The molecule has 1 fully saturated rings. The third kappa shape index (κ3) is 2.52. The molecular weight excluding hydrogens is 324 g/mol. The van der Waals surface area contributed by atoms with Crippen LogP contribution < -0.4 is 5.32 Å². The predicted molar refractivity (Wildman–Crippen MR) is 100 cm³/mol. The van der Waals surface area contributed by atoms with Gasteiger partial charge in [0.05, 0.1) is 13.2 Å². The van der Waals surface area contributed by atoms with Crippen LogP contribution in [0.3, 0.4) is 0 Å². The van der Waals surface area contributed by atoms with Crippen LogP contribution in [0.15, 0.2) is 48.5 Å². The highest BCUT2D eigenvalue weighted by molar-refractivity contribution is 5.74. The molecule has 2 amide bonds. The molecule has 0 radical (unpaired) electrons. The molecule has 2 aromatic carbocycles. The first-order valence-corrected chi connectivity index (χ1v) is 9.61. The minimum atomic E-state index is 0.0521. The van der Waals surface area contributed by atoms with Gasteiger partial charge in [0.1, 0.15) is 0 Å². The topological polar surface area (TPSA) is 41.6 Å². The molecule has 4 aliphatic rings. The summed E-state index contributed by atoms with van der Waals surface area (Å²) < 4.78 is 5.34. The van der Waals surface area contributed by atoms with Crippen molar-refractivity contribution in [2.24, 2.45) is 5.92 Å². The lowest BCUT2D eigenvalue weighted by molar-refractivity contribution is 0.0528. The van der Waals surface area contributed by atoms with Crippen molar-refractivity contribution in [1.82, 2.24) is 10.2 Å². The number of carbonyl (C=O) groups is 1. The maximum Gasteiger partial charge on any atom is 0.317 e. The Kier molecular flexibility index (Phi) is 3.93. The van der Waals surface area contributed by atoms with Gasteiger partial charge >= 0.3 is 6.03 Å². The van der Waals surface area contributed by atoms with E-state index in [1.54, 1.807) is 0 Å². The van der Waals surface area contributed by atoms with Gasteiger partial charge in [0.2, 0.25) is 0 Å². The molecule has 134 valence electrons. The first-order valence-electron chi connectivity index (χ1n) is 9.61. The monoisotopic (exact) mass is 348 g/mol. The lowest BCUT2D eigenvalue weighted by atomic mass is 9.59. The van der Waals surface area contributed by atoms with E-state index in [-0.39, 0.29) is 6.03 Å². The standard InChI is InChI=1S/C22H24N2O2/c25-22(24-9-11-26-12-10-24)23-14-15-13-20-16-5-1-3-7-18(16)21(15)19-8-4-2-6-17(19)20/h1-8,15,20-21H,9-14H2,(H,23,25)/t15-,20?,21?/m1/s1. The molecule has 2 bridgehead atoms. The van der Waals surface area contributed by atoms with Crippen LogP contribution in [0.2, 0.25) is 0 Å². The Bertz CT molecular complexity index is 781. The summed E-state index contributed by atoms with van der Waals surface area (Å²) in [4.78, 5) is 14.4. The lowest BCUT2D eigenvalue weighted by Gasteiger charge is -2.45. The first-order chi connectivity index (χ1) is 12.8. The summed E-state index contributed by atoms with van der Waals surface area (Å²) >= 11 is 0. The molecule has 3 aliphatic carbocycles. The number of rotatable bonds is 2. The molecule has 0 aromatic heterocycles. The van der Waals surface area contributed by atoms with Gasteiger partial charge in [0.25, 0.3) is 0 Å². The minimum absolute atomic E-state index is 0.0521. The zero-order valence-electron chi connectivity index (χ0n) is 14.9. The number of ether oxygens (including phenoxy) is 1. The quantitative estimate of drug-likeness (QED) is 0.904. The Morgan fingerprint density at radius 2 is 1.54 bits per heavy atom. The molecule has 1 atom stereocenters. The van der Waals surface area contributed by atoms with Crippen LogP contribution in [0.4, 0.5) is 4.79 Å². The molecule has 1 N–H and O–H groups in total. The number of hydrogen-bond acceptors (Lipinski definition) is 2. The van der Waals surface area contributed by atoms with Crippen molar-refractivity contribution >= 4 is 6.03 Å². The van der Waals surface area contributed by atoms with E-state index in [9.17, 15) is 4.79 Å². The molecule has 0 spiro atoms. The van der Waals surface area contributed by atoms with E-state index in [0.717, 1.165) is 13.0 Å². The van der Waals surface area contributed by atoms with Gasteiger partial charge in [-0.2, -0.15) is 0 Å². The molecule has 4 heteroatoms. The Hall–Kier alpha value is -2.33. The van der Waals surface area contributed by atoms with Gasteiger partial charge in [-0.15, -0.1) is 0 Å². The largest absolute Gasteiger partial charge is 0.378 e. The van der Waals surface area contributed by atoms with Crippen LogP contribution >= 0.6 is 0 Å². The van der Waals surface area contributed by atoms with Crippen molar-refractivity contribution in [3.8, 4) is 0 Å². The van der Waals surface area contributed by atoms with Gasteiger partial charge in [-0.05, 0) is 34.6 Å². The first kappa shape index (κ1) is 15.9. The molecule has 0 unspecified atom stereocenters. The van der Waals surface area contributed by atoms with E-state index < -0.39 is 0 Å². The van der Waals surface area contributed by atoms with Gasteiger partial charge in [0, 0.05) is 31.5 Å². The number of hydrogen-bond donors (Lipinski definition) is 1. The summed E-state index contributed by atoms with van der Waals surface area (Å²) in [5, 5.41) is 3.20. The van der Waals surface area contributed by atoms with Crippen LogP contribution in [0.1, 0.15) is 40.5 Å². The number of nitrogens with zero attached hydrogens (tertiary/aromatic N) is 1. The third-order valence-corrected chi connectivity index (χ3v) is 6.24. The Morgan fingerprint density at radius 3 is 2.15 bits per heavy atom. The molecular formula is C22H24N2O2. The maximum absolute atomic E-state index is 12.5. The zero-order valence-corrected chi connectivity index (χ0v) is 14.9. The molecule has 1 saturated heterocycles. The maximum atomic E-state index is 12.5. The van der Waals surface area contributed by atoms with E-state index in [2.05, 4.69) is 53.8 Å². The van der Waals surface area contributed by atoms with Crippen LogP contribution in [0, 0.1) is 5.92 Å². The second kappa shape index (κ2) is 6.44. The predicted octanol–water partition coefficient (Wildman–Crippen LogP) is 3.33. The highest BCUT2D eigenvalue weighted by Gasteiger charge is 2.42. The second-order valence-corrected chi connectivity index (χ2v) is 7.57. The molecule has 1 aliphatic heterocycles. The summed E-state index contributed by atoms with van der Waals surface area (Å²) in [5.41, 5.74) is 5.86. The number of amides is 2. The number of morpholine rings is 1. The number of carbonyl (C=O) groups excluding carboxylic acids is 1. The fraction of sp³-hybridized carbons (Fsp3) is 0.409. The van der Waals surface area contributed by atoms with Crippen LogP contribution in [-0.2, 0) is 4.74 Å². The zero-order chi connectivity index (χ0) is 17.5. The Morgan fingerprint density at radius 1 is 0.962 bits per heavy atom. The summed E-state index contributed by atoms with van der Waals surface area (Å²) in [6.07, 6.45) is 1.11. The fourth-order valence-corrected chi connectivity index (χ4v) is 5.06. The SMILES string of the molecule is O=C(NC[C@H]1CC2c3ccccc3C1c1ccccc12)N1CCOCC1. The highest BCUT2D eigenvalue weighted by Crippen LogP contribution is 2.55. The Balaban J connectivity index is 1.39. The van der Waals surface area contributed by atoms with Crippen molar-refractivity contribution in [1.29, 1.82) is 0 Å². The summed E-state index contributed by atoms with van der Waals surface area (Å²) in [7, 11) is 0. The van der Waals surface area contributed by atoms with Crippen LogP contribution in [-0.4, -0.2) is 43.8 Å². The third-order valence-electron chi connectivity index (χ3n) is 6.24. The number of fused-ring (bicyclic) bond motifs is 1. The summed E-state index contributed by atoms with van der Waals surface area (Å²) in [5.74, 6) is 1.30. The van der Waals surface area contributed by atoms with Crippen molar-refractivity contribution in [2.75, 3.05) is 32.8 Å².